The standard InChI is InChI=1S/C81H118N2O21Si8/c1-60(2)53-106-93-105(94-107(54-61(3)4)98-109(96-106,56-63(7)8)102-112(59-66(13)14)103-110(97-106,57-64(9)10)99-108(95-105,55-62(5)6)101-111(100-107,104-112)58-65(11)12)46-24-43-82(47-73(84)50-90-76-37-31-70(32-38-76)79(87)67-25-18-15-19-26-67)44-45-83(48-74(85)51-91-77-39-33-71(34-40-77)80(88)68-27-20-16-21-28-68)49-75(86)52-92-78-41-35-72(36-42-78)81(89)69-29-22-17-23-30-69/h15-23,25-42,60-66,73-75,84-86H,24,43-59H2,1-14H3. The number of nitrogens with zero attached hydrogens (tertiary/aromatic N) is 2. The number of hydrogen-bond acceptors (Lipinski definition) is 23. The zero-order valence-corrected chi connectivity index (χ0v) is 75.7. The van der Waals surface area contributed by atoms with Gasteiger partial charge in [-0.1, -0.05) is 188 Å². The number of aliphatic hydroxyl groups excluding tert-OH is 3. The second-order valence-corrected chi connectivity index (χ2v) is 57.7. The van der Waals surface area contributed by atoms with Gasteiger partial charge in [0.25, 0.3) is 0 Å². The van der Waals surface area contributed by atoms with E-state index < -0.39 is 88.7 Å². The maximum Gasteiger partial charge on any atom is 0.479 e. The van der Waals surface area contributed by atoms with Crippen LogP contribution in [0.15, 0.2) is 164 Å². The second kappa shape index (κ2) is 38.0. The summed E-state index contributed by atoms with van der Waals surface area (Å²) in [5.74, 6) is 0.748. The van der Waals surface area contributed by atoms with Crippen LogP contribution in [0.3, 0.4) is 0 Å². The first-order chi connectivity index (χ1) is 53.2. The quantitative estimate of drug-likeness (QED) is 0.0238. The van der Waals surface area contributed by atoms with Crippen molar-refractivity contribution in [1.29, 1.82) is 0 Å². The number of ether oxygens (including phenoxy) is 3. The van der Waals surface area contributed by atoms with E-state index >= 15 is 0 Å². The smallest absolute Gasteiger partial charge is 0.479 e. The summed E-state index contributed by atoms with van der Waals surface area (Å²) in [4.78, 5) is 44.2. The molecule has 3 unspecified atom stereocenters. The van der Waals surface area contributed by atoms with Crippen LogP contribution in [0.1, 0.15) is 151 Å². The van der Waals surface area contributed by atoms with Crippen LogP contribution in [0.4, 0.5) is 0 Å². The van der Waals surface area contributed by atoms with Crippen molar-refractivity contribution in [3.63, 3.8) is 0 Å². The van der Waals surface area contributed by atoms with E-state index in [0.29, 0.717) is 106 Å². The molecule has 6 aliphatic rings. The van der Waals surface area contributed by atoms with E-state index in [1.807, 2.05) is 59.5 Å². The second-order valence-electron chi connectivity index (χ2n) is 33.6. The average molecular weight is 1680 g/mol. The Morgan fingerprint density at radius 1 is 0.286 bits per heavy atom. The molecule has 6 heterocycles. The zero-order chi connectivity index (χ0) is 80.3. The summed E-state index contributed by atoms with van der Waals surface area (Å²) >= 11 is 0. The predicted molar refractivity (Wildman–Crippen MR) is 442 cm³/mol. The number of carbonyl (C=O) groups is 3. The van der Waals surface area contributed by atoms with Crippen LogP contribution in [0.2, 0.25) is 48.4 Å². The normalized spacial score (nSPS) is 26.4. The maximum atomic E-state index is 13.5. The van der Waals surface area contributed by atoms with Crippen molar-refractivity contribution in [2.24, 2.45) is 41.4 Å². The highest BCUT2D eigenvalue weighted by Gasteiger charge is 2.83. The van der Waals surface area contributed by atoms with Gasteiger partial charge in [-0.25, -0.2) is 0 Å². The fraction of sp³-hybridized carbons (Fsp3) is 0.519. The third-order valence-corrected chi connectivity index (χ3v) is 59.3. The molecule has 0 spiro atoms. The first-order valence-electron chi connectivity index (χ1n) is 40.1. The fourth-order valence-corrected chi connectivity index (χ4v) is 66.8. The van der Waals surface area contributed by atoms with Crippen LogP contribution in [0, 0.1) is 41.4 Å². The largest absolute Gasteiger partial charge is 0.491 e. The molecule has 0 aromatic heterocycles. The number of aliphatic hydroxyl groups is 3. The third-order valence-electron chi connectivity index (χ3n) is 19.2. The van der Waals surface area contributed by atoms with E-state index in [1.165, 1.54) is 0 Å². The van der Waals surface area contributed by atoms with Gasteiger partial charge in [-0.15, -0.1) is 0 Å². The van der Waals surface area contributed by atoms with Crippen molar-refractivity contribution < 1.29 is 93.3 Å². The van der Waals surface area contributed by atoms with Gasteiger partial charge in [-0.05, 0) is 127 Å². The van der Waals surface area contributed by atoms with E-state index in [-0.39, 0.29) is 117 Å². The highest BCUT2D eigenvalue weighted by Crippen LogP contribution is 2.56. The van der Waals surface area contributed by atoms with Crippen molar-refractivity contribution in [1.82, 2.24) is 9.80 Å². The number of rotatable bonds is 42. The first kappa shape index (κ1) is 87.6. The Morgan fingerprint density at radius 3 is 0.723 bits per heavy atom. The van der Waals surface area contributed by atoms with E-state index in [0.717, 1.165) is 0 Å². The Morgan fingerprint density at radius 2 is 0.491 bits per heavy atom. The molecule has 6 aliphatic heterocycles. The van der Waals surface area contributed by atoms with Crippen molar-refractivity contribution in [2.75, 3.05) is 59.1 Å². The van der Waals surface area contributed by atoms with E-state index in [9.17, 15) is 29.7 Å². The topological polar surface area (TPSA) is 257 Å². The van der Waals surface area contributed by atoms with Gasteiger partial charge in [0.05, 0.1) is 0 Å². The summed E-state index contributed by atoms with van der Waals surface area (Å²) in [5, 5.41) is 36.4. The molecule has 0 radical (unpaired) electrons. The van der Waals surface area contributed by atoms with Crippen LogP contribution in [0.5, 0.6) is 17.2 Å². The molecule has 12 rings (SSSR count). The van der Waals surface area contributed by atoms with Crippen LogP contribution in [0.25, 0.3) is 0 Å². The number of hydrogen-bond donors (Lipinski definition) is 3. The molecule has 23 nitrogen and oxygen atoms in total. The van der Waals surface area contributed by atoms with E-state index in [1.54, 1.807) is 109 Å². The SMILES string of the molecule is CC(C)C[Si]12O[Si]3(CCCN(CCN(CC(O)COc4ccc(C(=O)c5ccccc5)cc4)CC(O)COc4ccc(C(=O)c5ccccc5)cc4)CC(O)COc4ccc(C(=O)c5ccccc5)cc4)O[Si]4(CC(C)C)O[Si](CC(C)C)(O1)O[Si]1(CC(C)C)O[Si](CC(C)C)(O2)O[Si](CC(C)C)(O3)O[Si](CC(C)C)(O4)O1. The number of carbonyl (C=O) groups excluding carboxylic acids is 3. The monoisotopic (exact) mass is 1680 g/mol. The number of benzene rings is 6. The zero-order valence-electron chi connectivity index (χ0n) is 67.7. The van der Waals surface area contributed by atoms with Crippen molar-refractivity contribution in [3.8, 4) is 17.2 Å². The predicted octanol–water partition coefficient (Wildman–Crippen LogP) is 14.4. The lowest BCUT2D eigenvalue weighted by Crippen LogP contribution is -2.88. The summed E-state index contributed by atoms with van der Waals surface area (Å²) < 4.78 is 115. The average Bonchev–Trinajstić information content (AvgIpc) is 0.684. The maximum absolute atomic E-state index is 13.5. The minimum atomic E-state index is -4.48. The van der Waals surface area contributed by atoms with E-state index in [4.69, 9.17) is 63.6 Å². The lowest BCUT2D eigenvalue weighted by atomic mass is 10.0. The molecular weight excluding hydrogens is 1560 g/mol. The molecule has 610 valence electrons. The minimum absolute atomic E-state index is 0.0146. The van der Waals surface area contributed by atoms with Gasteiger partial charge in [0.2, 0.25) is 0 Å². The minimum Gasteiger partial charge on any atom is -0.491 e. The molecule has 0 amide bonds. The summed E-state index contributed by atoms with van der Waals surface area (Å²) in [6.07, 6.45) is -2.93. The molecule has 6 saturated heterocycles. The van der Waals surface area contributed by atoms with Crippen LogP contribution < -0.4 is 14.2 Å². The summed E-state index contributed by atoms with van der Waals surface area (Å²) in [6.45, 7) is 30.4. The van der Waals surface area contributed by atoms with Crippen LogP contribution in [-0.4, -0.2) is 190 Å². The molecule has 0 aliphatic carbocycles. The molecular formula is C81H118N2O21Si8. The molecule has 112 heavy (non-hydrogen) atoms. The number of ketones is 3. The molecule has 8 bridgehead atoms. The molecule has 6 aromatic carbocycles. The van der Waals surface area contributed by atoms with Gasteiger partial charge < -0.3 is 78.9 Å². The van der Waals surface area contributed by atoms with Crippen molar-refractivity contribution in [3.05, 3.63) is 197 Å². The van der Waals surface area contributed by atoms with Gasteiger partial charge in [-0.3, -0.25) is 24.2 Å². The summed E-state index contributed by atoms with van der Waals surface area (Å²) in [6, 6.07) is 50.1. The van der Waals surface area contributed by atoms with Gasteiger partial charge in [-0.2, -0.15) is 0 Å². The summed E-state index contributed by atoms with van der Waals surface area (Å²) in [5.41, 5.74) is 3.14. The van der Waals surface area contributed by atoms with E-state index in [2.05, 4.69) is 102 Å². The molecule has 6 aromatic rings. The molecule has 0 saturated carbocycles. The van der Waals surface area contributed by atoms with Crippen LogP contribution >= 0.6 is 0 Å². The Labute approximate surface area is 671 Å². The highest BCUT2D eigenvalue weighted by atomic mass is 28.6. The molecule has 3 N–H and O–H groups in total. The Bertz CT molecular complexity index is 3750. The van der Waals surface area contributed by atoms with Gasteiger partial charge in [0, 0.05) is 114 Å². The summed E-state index contributed by atoms with van der Waals surface area (Å²) in [7, 11) is -34.1. The van der Waals surface area contributed by atoms with Crippen molar-refractivity contribution in [2.45, 2.75) is 170 Å². The van der Waals surface area contributed by atoms with Crippen molar-refractivity contribution >= 4 is 87.8 Å². The fourth-order valence-electron chi connectivity index (χ4n) is 15.2. The Kier molecular flexibility index (Phi) is 29.7. The Hall–Kier alpha value is -5.21. The Balaban J connectivity index is 0.938. The third kappa shape index (κ3) is 23.6. The highest BCUT2D eigenvalue weighted by molar-refractivity contribution is 7.03. The molecule has 31 heteroatoms. The molecule has 3 atom stereocenters. The van der Waals surface area contributed by atoms with Gasteiger partial charge in [0.1, 0.15) is 55.4 Å². The lowest BCUT2D eigenvalue weighted by Gasteiger charge is -2.64. The first-order valence-corrected chi connectivity index (χ1v) is 55.5. The molecule has 6 fully saturated rings. The van der Waals surface area contributed by atoms with Gasteiger partial charge in [0.15, 0.2) is 17.3 Å². The van der Waals surface area contributed by atoms with Gasteiger partial charge >= 0.3 is 70.4 Å². The van der Waals surface area contributed by atoms with Crippen LogP contribution in [-0.2, 0) is 49.4 Å². The lowest BCUT2D eigenvalue weighted by molar-refractivity contribution is -0.0344.